The molecule has 0 aromatic heterocycles. The Labute approximate surface area is 152 Å². The van der Waals surface area contributed by atoms with Crippen molar-refractivity contribution in [3.8, 4) is 11.5 Å². The number of carbonyl (C=O) groups excluding carboxylic acids is 2. The van der Waals surface area contributed by atoms with E-state index in [9.17, 15) is 14.4 Å². The third kappa shape index (κ3) is 7.42. The molecule has 26 heavy (non-hydrogen) atoms. The monoisotopic (exact) mass is 366 g/mol. The van der Waals surface area contributed by atoms with Gasteiger partial charge in [-0.05, 0) is 43.0 Å². The van der Waals surface area contributed by atoms with Gasteiger partial charge in [-0.15, -0.1) is 0 Å². The third-order valence-electron chi connectivity index (χ3n) is 3.52. The van der Waals surface area contributed by atoms with Crippen molar-refractivity contribution in [1.29, 1.82) is 0 Å². The summed E-state index contributed by atoms with van der Waals surface area (Å²) in [7, 11) is 1.57. The number of carboxylic acids is 1. The van der Waals surface area contributed by atoms with E-state index in [4.69, 9.17) is 14.6 Å². The number of rotatable bonds is 10. The lowest BCUT2D eigenvalue weighted by Gasteiger charge is -2.16. The lowest BCUT2D eigenvalue weighted by atomic mass is 10.0. The largest absolute Gasteiger partial charge is 0.496 e. The number of amides is 2. The molecule has 1 aromatic rings. The SMILES string of the molecule is COc1ccc(OCC(=O)NCC(=O)N[C@@H](CC(C)C)C(=O)O)cc1C. The van der Waals surface area contributed by atoms with E-state index in [-0.39, 0.29) is 19.1 Å². The minimum absolute atomic E-state index is 0.118. The van der Waals surface area contributed by atoms with Gasteiger partial charge in [-0.3, -0.25) is 9.59 Å². The first-order valence-electron chi connectivity index (χ1n) is 8.29. The molecule has 1 aromatic carbocycles. The lowest BCUT2D eigenvalue weighted by Crippen LogP contribution is -2.46. The highest BCUT2D eigenvalue weighted by Crippen LogP contribution is 2.22. The zero-order valence-electron chi connectivity index (χ0n) is 15.5. The van der Waals surface area contributed by atoms with E-state index < -0.39 is 23.8 Å². The van der Waals surface area contributed by atoms with Crippen molar-refractivity contribution < 1.29 is 29.0 Å². The Morgan fingerprint density at radius 3 is 2.42 bits per heavy atom. The Bertz CT molecular complexity index is 645. The molecule has 0 spiro atoms. The van der Waals surface area contributed by atoms with E-state index in [1.807, 2.05) is 20.8 Å². The van der Waals surface area contributed by atoms with Crippen molar-refractivity contribution in [2.75, 3.05) is 20.3 Å². The topological polar surface area (TPSA) is 114 Å². The average Bonchev–Trinajstić information content (AvgIpc) is 2.57. The summed E-state index contributed by atoms with van der Waals surface area (Å²) in [6, 6.07) is 4.17. The standard InChI is InChI=1S/C18H26N2O6/c1-11(2)7-14(18(23)24)20-16(21)9-19-17(22)10-26-13-5-6-15(25-4)12(3)8-13/h5-6,8,11,14H,7,9-10H2,1-4H3,(H,19,22)(H,20,21)(H,23,24)/t14-/m0/s1. The molecule has 1 rings (SSSR count). The fourth-order valence-corrected chi connectivity index (χ4v) is 2.26. The van der Waals surface area contributed by atoms with E-state index in [0.717, 1.165) is 5.56 Å². The van der Waals surface area contributed by atoms with Crippen molar-refractivity contribution in [3.63, 3.8) is 0 Å². The van der Waals surface area contributed by atoms with E-state index in [1.165, 1.54) is 0 Å². The minimum Gasteiger partial charge on any atom is -0.496 e. The maximum absolute atomic E-state index is 11.8. The lowest BCUT2D eigenvalue weighted by molar-refractivity contribution is -0.142. The number of carboxylic acid groups (broad SMARTS) is 1. The summed E-state index contributed by atoms with van der Waals surface area (Å²) in [5.41, 5.74) is 0.870. The van der Waals surface area contributed by atoms with Gasteiger partial charge < -0.3 is 25.2 Å². The number of benzene rings is 1. The number of hydrogen-bond donors (Lipinski definition) is 3. The molecule has 0 aliphatic rings. The minimum atomic E-state index is -1.10. The molecule has 0 aliphatic carbocycles. The Balaban J connectivity index is 2.40. The van der Waals surface area contributed by atoms with E-state index >= 15 is 0 Å². The van der Waals surface area contributed by atoms with Gasteiger partial charge in [0.15, 0.2) is 6.61 Å². The quantitative estimate of drug-likeness (QED) is 0.572. The molecular weight excluding hydrogens is 340 g/mol. The number of methoxy groups -OCH3 is 1. The van der Waals surface area contributed by atoms with E-state index in [1.54, 1.807) is 25.3 Å². The van der Waals surface area contributed by atoms with Gasteiger partial charge in [0.2, 0.25) is 5.91 Å². The highest BCUT2D eigenvalue weighted by atomic mass is 16.5. The molecule has 0 saturated heterocycles. The average molecular weight is 366 g/mol. The van der Waals surface area contributed by atoms with Gasteiger partial charge in [0.1, 0.15) is 17.5 Å². The molecule has 0 unspecified atom stereocenters. The highest BCUT2D eigenvalue weighted by molar-refractivity contribution is 5.88. The molecule has 144 valence electrons. The summed E-state index contributed by atoms with van der Waals surface area (Å²) in [5, 5.41) is 13.9. The molecule has 1 atom stereocenters. The van der Waals surface area contributed by atoms with Crippen LogP contribution in [-0.2, 0) is 14.4 Å². The second kappa shape index (κ2) is 10.3. The first-order valence-corrected chi connectivity index (χ1v) is 8.29. The van der Waals surface area contributed by atoms with Crippen LogP contribution in [0.5, 0.6) is 11.5 Å². The maximum atomic E-state index is 11.8. The Morgan fingerprint density at radius 2 is 1.88 bits per heavy atom. The number of aryl methyl sites for hydroxylation is 1. The zero-order valence-corrected chi connectivity index (χ0v) is 15.5. The number of aliphatic carboxylic acids is 1. The first kappa shape index (κ1) is 21.3. The molecule has 0 bridgehead atoms. The molecule has 0 aliphatic heterocycles. The number of carbonyl (C=O) groups is 3. The van der Waals surface area contributed by atoms with Crippen LogP contribution in [-0.4, -0.2) is 49.2 Å². The summed E-state index contributed by atoms with van der Waals surface area (Å²) in [4.78, 5) is 34.7. The van der Waals surface area contributed by atoms with Crippen molar-refractivity contribution in [2.45, 2.75) is 33.2 Å². The van der Waals surface area contributed by atoms with Gasteiger partial charge >= 0.3 is 5.97 Å². The van der Waals surface area contributed by atoms with Crippen molar-refractivity contribution in [2.24, 2.45) is 5.92 Å². The number of hydrogen-bond acceptors (Lipinski definition) is 5. The van der Waals surface area contributed by atoms with Gasteiger partial charge in [-0.2, -0.15) is 0 Å². The third-order valence-corrected chi connectivity index (χ3v) is 3.52. The van der Waals surface area contributed by atoms with Crippen LogP contribution >= 0.6 is 0 Å². The van der Waals surface area contributed by atoms with Crippen LogP contribution in [0.25, 0.3) is 0 Å². The fraction of sp³-hybridized carbons (Fsp3) is 0.500. The zero-order chi connectivity index (χ0) is 19.7. The summed E-state index contributed by atoms with van der Waals surface area (Å²) < 4.78 is 10.5. The highest BCUT2D eigenvalue weighted by Gasteiger charge is 2.21. The van der Waals surface area contributed by atoms with Crippen LogP contribution in [0.1, 0.15) is 25.8 Å². The van der Waals surface area contributed by atoms with Gasteiger partial charge in [0, 0.05) is 0 Å². The normalized spacial score (nSPS) is 11.6. The smallest absolute Gasteiger partial charge is 0.326 e. The Morgan fingerprint density at radius 1 is 1.19 bits per heavy atom. The molecule has 0 saturated carbocycles. The molecule has 0 fully saturated rings. The summed E-state index contributed by atoms with van der Waals surface area (Å²) >= 11 is 0. The van der Waals surface area contributed by atoms with Crippen molar-refractivity contribution in [1.82, 2.24) is 10.6 Å². The fourth-order valence-electron chi connectivity index (χ4n) is 2.26. The molecule has 8 nitrogen and oxygen atoms in total. The van der Waals surface area contributed by atoms with Crippen LogP contribution in [0.3, 0.4) is 0 Å². The number of ether oxygens (including phenoxy) is 2. The second-order valence-electron chi connectivity index (χ2n) is 6.28. The molecule has 0 heterocycles. The summed E-state index contributed by atoms with van der Waals surface area (Å²) in [5.74, 6) is -0.807. The first-order chi connectivity index (χ1) is 12.2. The summed E-state index contributed by atoms with van der Waals surface area (Å²) in [6.45, 7) is 5.01. The van der Waals surface area contributed by atoms with Crippen LogP contribution < -0.4 is 20.1 Å². The van der Waals surface area contributed by atoms with Gasteiger partial charge in [-0.1, -0.05) is 13.8 Å². The predicted octanol–water partition coefficient (Wildman–Crippen LogP) is 1.11. The van der Waals surface area contributed by atoms with Crippen LogP contribution in [0, 0.1) is 12.8 Å². The van der Waals surface area contributed by atoms with Crippen LogP contribution in [0.2, 0.25) is 0 Å². The van der Waals surface area contributed by atoms with Crippen LogP contribution in [0.15, 0.2) is 18.2 Å². The Kier molecular flexibility index (Phi) is 8.41. The van der Waals surface area contributed by atoms with Gasteiger partial charge in [-0.25, -0.2) is 4.79 Å². The molecular formula is C18H26N2O6. The molecule has 2 amide bonds. The maximum Gasteiger partial charge on any atom is 0.326 e. The van der Waals surface area contributed by atoms with Crippen molar-refractivity contribution >= 4 is 17.8 Å². The van der Waals surface area contributed by atoms with Gasteiger partial charge in [0.25, 0.3) is 5.91 Å². The summed E-state index contributed by atoms with van der Waals surface area (Å²) in [6.07, 6.45) is 0.314. The Hall–Kier alpha value is -2.77. The second-order valence-corrected chi connectivity index (χ2v) is 6.28. The van der Waals surface area contributed by atoms with Gasteiger partial charge in [0.05, 0.1) is 13.7 Å². The number of nitrogens with one attached hydrogen (secondary N) is 2. The molecule has 3 N–H and O–H groups in total. The van der Waals surface area contributed by atoms with E-state index in [0.29, 0.717) is 17.9 Å². The van der Waals surface area contributed by atoms with Crippen molar-refractivity contribution in [3.05, 3.63) is 23.8 Å². The predicted molar refractivity (Wildman–Crippen MR) is 95.3 cm³/mol. The molecule has 8 heteroatoms. The van der Waals surface area contributed by atoms with Crippen LogP contribution in [0.4, 0.5) is 0 Å². The molecule has 0 radical (unpaired) electrons. The van der Waals surface area contributed by atoms with E-state index in [2.05, 4.69) is 10.6 Å².